The largest absolute Gasteiger partial charge is 0.497 e. The molecular formula is C31H40ClN3O4. The van der Waals surface area contributed by atoms with E-state index < -0.39 is 5.54 Å². The van der Waals surface area contributed by atoms with Crippen LogP contribution in [-0.4, -0.2) is 67.0 Å². The Hall–Kier alpha value is -2.77. The monoisotopic (exact) mass is 553 g/mol. The Bertz CT molecular complexity index is 1140. The second kappa shape index (κ2) is 12.2. The minimum absolute atomic E-state index is 0.0973. The van der Waals surface area contributed by atoms with Crippen LogP contribution in [0, 0.1) is 5.92 Å². The fraction of sp³-hybridized carbons (Fsp3) is 0.548. The Morgan fingerprint density at radius 2 is 1.62 bits per heavy atom. The smallest absolute Gasteiger partial charge is 0.254 e. The third-order valence-corrected chi connectivity index (χ3v) is 9.21. The van der Waals surface area contributed by atoms with Gasteiger partial charge in [-0.15, -0.1) is 0 Å². The third kappa shape index (κ3) is 5.90. The van der Waals surface area contributed by atoms with Crippen LogP contribution in [0.25, 0.3) is 0 Å². The summed E-state index contributed by atoms with van der Waals surface area (Å²) in [5, 5.41) is 3.73. The summed E-state index contributed by atoms with van der Waals surface area (Å²) in [7, 11) is 3.17. The molecule has 1 saturated carbocycles. The second-order valence-corrected chi connectivity index (χ2v) is 11.7. The number of carbonyl (C=O) groups is 2. The van der Waals surface area contributed by atoms with Gasteiger partial charge in [0.05, 0.1) is 14.2 Å². The predicted octanol–water partition coefficient (Wildman–Crippen LogP) is 6.02. The van der Waals surface area contributed by atoms with Crippen LogP contribution in [0.15, 0.2) is 42.5 Å². The van der Waals surface area contributed by atoms with Gasteiger partial charge in [-0.05, 0) is 81.8 Å². The number of methoxy groups -OCH3 is 2. The highest BCUT2D eigenvalue weighted by Crippen LogP contribution is 2.41. The van der Waals surface area contributed by atoms with Crippen molar-refractivity contribution in [2.24, 2.45) is 5.92 Å². The Kier molecular flexibility index (Phi) is 8.67. The first kappa shape index (κ1) is 27.8. The van der Waals surface area contributed by atoms with Gasteiger partial charge in [0.1, 0.15) is 17.0 Å². The number of benzene rings is 2. The fourth-order valence-corrected chi connectivity index (χ4v) is 7.06. The molecule has 2 atom stereocenters. The van der Waals surface area contributed by atoms with Gasteiger partial charge >= 0.3 is 0 Å². The molecule has 0 radical (unpaired) electrons. The van der Waals surface area contributed by atoms with Crippen molar-refractivity contribution in [3.63, 3.8) is 0 Å². The Labute approximate surface area is 236 Å². The van der Waals surface area contributed by atoms with E-state index in [1.165, 1.54) is 12.8 Å². The van der Waals surface area contributed by atoms with Crippen molar-refractivity contribution in [1.82, 2.24) is 9.80 Å². The normalized spacial score (nSPS) is 22.5. The van der Waals surface area contributed by atoms with E-state index in [0.29, 0.717) is 59.1 Å². The summed E-state index contributed by atoms with van der Waals surface area (Å²) >= 11 is 6.16. The highest BCUT2D eigenvalue weighted by molar-refractivity contribution is 6.30. The molecule has 2 aliphatic heterocycles. The first-order valence-electron chi connectivity index (χ1n) is 14.3. The van der Waals surface area contributed by atoms with Crippen LogP contribution in [-0.2, 0) is 4.79 Å². The minimum atomic E-state index is -0.927. The van der Waals surface area contributed by atoms with Gasteiger partial charge in [0, 0.05) is 47.1 Å². The number of ether oxygens (including phenoxy) is 2. The quantitative estimate of drug-likeness (QED) is 0.433. The lowest BCUT2D eigenvalue weighted by Gasteiger charge is -2.48. The van der Waals surface area contributed by atoms with Crippen LogP contribution >= 0.6 is 11.6 Å². The van der Waals surface area contributed by atoms with Crippen molar-refractivity contribution < 1.29 is 19.1 Å². The molecule has 2 aromatic rings. The minimum Gasteiger partial charge on any atom is -0.497 e. The Morgan fingerprint density at radius 3 is 2.28 bits per heavy atom. The maximum atomic E-state index is 14.3. The number of amides is 2. The molecule has 0 unspecified atom stereocenters. The number of carbonyl (C=O) groups excluding carboxylic acids is 2. The highest BCUT2D eigenvalue weighted by Gasteiger charge is 2.50. The van der Waals surface area contributed by atoms with E-state index in [4.69, 9.17) is 21.1 Å². The van der Waals surface area contributed by atoms with Crippen LogP contribution in [0.2, 0.25) is 5.02 Å². The fourth-order valence-electron chi connectivity index (χ4n) is 6.93. The number of hydrogen-bond donors (Lipinski definition) is 1. The number of hydrogen-bond acceptors (Lipinski definition) is 5. The van der Waals surface area contributed by atoms with Crippen LogP contribution in [0.3, 0.4) is 0 Å². The third-order valence-electron chi connectivity index (χ3n) is 8.96. The number of rotatable bonds is 8. The lowest BCUT2D eigenvalue weighted by molar-refractivity contribution is -0.127. The average molecular weight is 554 g/mol. The zero-order chi connectivity index (χ0) is 27.4. The molecule has 8 heteroatoms. The zero-order valence-electron chi connectivity index (χ0n) is 23.1. The van der Waals surface area contributed by atoms with E-state index in [1.54, 1.807) is 56.7 Å². The van der Waals surface area contributed by atoms with Gasteiger partial charge in [-0.3, -0.25) is 9.59 Å². The van der Waals surface area contributed by atoms with Gasteiger partial charge in [-0.1, -0.05) is 30.9 Å². The summed E-state index contributed by atoms with van der Waals surface area (Å²) in [5.74, 6) is 1.30. The molecule has 0 bridgehead atoms. The number of nitrogens with zero attached hydrogens (tertiary/aromatic N) is 2. The van der Waals surface area contributed by atoms with E-state index in [2.05, 4.69) is 10.2 Å². The average Bonchev–Trinajstić information content (AvgIpc) is 3.47. The summed E-state index contributed by atoms with van der Waals surface area (Å²) in [6, 6.07) is 12.9. The van der Waals surface area contributed by atoms with Gasteiger partial charge in [-0.25, -0.2) is 0 Å². The lowest BCUT2D eigenvalue weighted by atomic mass is 9.81. The maximum absolute atomic E-state index is 14.3. The summed E-state index contributed by atoms with van der Waals surface area (Å²) < 4.78 is 10.8. The number of fused-ring (bicyclic) bond motifs is 1. The molecule has 1 aliphatic carbocycles. The van der Waals surface area contributed by atoms with Crippen LogP contribution in [0.1, 0.15) is 68.1 Å². The van der Waals surface area contributed by atoms with E-state index in [9.17, 15) is 9.59 Å². The standard InChI is InChI=1S/C31H40ClN3O4/c1-38-26-18-25(19-27(20-26)39-2)33-30(37)31(14-4-5-15-31)35(29(36)22-10-12-24(32)13-11-22)21-23-8-7-17-34-16-6-3-9-28(23)34/h10-13,18-20,23,28H,3-9,14-17,21H2,1-2H3,(H,33,37)/t23-,28+/m1/s1. The molecule has 2 heterocycles. The summed E-state index contributed by atoms with van der Waals surface area (Å²) in [5.41, 5.74) is 0.236. The maximum Gasteiger partial charge on any atom is 0.254 e. The lowest BCUT2D eigenvalue weighted by Crippen LogP contribution is -2.61. The molecule has 3 fully saturated rings. The topological polar surface area (TPSA) is 71.1 Å². The van der Waals surface area contributed by atoms with Crippen molar-refractivity contribution in [2.75, 3.05) is 39.2 Å². The first-order chi connectivity index (χ1) is 18.9. The summed E-state index contributed by atoms with van der Waals surface area (Å²) in [4.78, 5) is 33.1. The van der Waals surface area contributed by atoms with Gasteiger partial charge in [-0.2, -0.15) is 0 Å². The number of nitrogens with one attached hydrogen (secondary N) is 1. The molecule has 2 aromatic carbocycles. The van der Waals surface area contributed by atoms with Crippen LogP contribution in [0.5, 0.6) is 11.5 Å². The highest BCUT2D eigenvalue weighted by atomic mass is 35.5. The number of anilines is 1. The number of piperidine rings is 2. The molecule has 1 N–H and O–H groups in total. The van der Waals surface area contributed by atoms with E-state index in [1.807, 2.05) is 4.90 Å². The van der Waals surface area contributed by atoms with Crippen LogP contribution < -0.4 is 14.8 Å². The van der Waals surface area contributed by atoms with Crippen molar-refractivity contribution in [1.29, 1.82) is 0 Å². The van der Waals surface area contributed by atoms with E-state index >= 15 is 0 Å². The van der Waals surface area contributed by atoms with Gasteiger partial charge < -0.3 is 24.6 Å². The van der Waals surface area contributed by atoms with Gasteiger partial charge in [0.15, 0.2) is 0 Å². The van der Waals surface area contributed by atoms with E-state index in [0.717, 1.165) is 45.2 Å². The number of halogens is 1. The van der Waals surface area contributed by atoms with Crippen molar-refractivity contribution in [2.45, 2.75) is 69.4 Å². The molecule has 0 spiro atoms. The molecule has 2 amide bonds. The predicted molar refractivity (Wildman–Crippen MR) is 154 cm³/mol. The molecular weight excluding hydrogens is 514 g/mol. The first-order valence-corrected chi connectivity index (χ1v) is 14.7. The SMILES string of the molecule is COc1cc(NC(=O)C2(N(C[C@H]3CCCN4CCCC[C@@H]34)C(=O)c3ccc(Cl)cc3)CCCC2)cc(OC)c1. The van der Waals surface area contributed by atoms with E-state index in [-0.39, 0.29) is 11.8 Å². The molecule has 3 aliphatic rings. The summed E-state index contributed by atoms with van der Waals surface area (Å²) in [6.07, 6.45) is 8.93. The Balaban J connectivity index is 1.49. The molecule has 2 saturated heterocycles. The van der Waals surface area contributed by atoms with Gasteiger partial charge in [0.25, 0.3) is 5.91 Å². The van der Waals surface area contributed by atoms with Crippen LogP contribution in [0.4, 0.5) is 5.69 Å². The zero-order valence-corrected chi connectivity index (χ0v) is 23.8. The molecule has 7 nitrogen and oxygen atoms in total. The van der Waals surface area contributed by atoms with Crippen molar-refractivity contribution in [3.05, 3.63) is 53.1 Å². The van der Waals surface area contributed by atoms with Crippen molar-refractivity contribution >= 4 is 29.1 Å². The van der Waals surface area contributed by atoms with Gasteiger partial charge in [0.2, 0.25) is 5.91 Å². The van der Waals surface area contributed by atoms with Crippen molar-refractivity contribution in [3.8, 4) is 11.5 Å². The molecule has 0 aromatic heterocycles. The molecule has 5 rings (SSSR count). The molecule has 39 heavy (non-hydrogen) atoms. The Morgan fingerprint density at radius 1 is 0.949 bits per heavy atom. The second-order valence-electron chi connectivity index (χ2n) is 11.2. The molecule has 210 valence electrons. The summed E-state index contributed by atoms with van der Waals surface area (Å²) in [6.45, 7) is 2.85.